The summed E-state index contributed by atoms with van der Waals surface area (Å²) >= 11 is 0. The van der Waals surface area contributed by atoms with Gasteiger partial charge in [-0.2, -0.15) is 4.98 Å². The molecule has 0 radical (unpaired) electrons. The minimum absolute atomic E-state index is 0.394. The molecule has 1 atom stereocenters. The van der Waals surface area contributed by atoms with Crippen LogP contribution in [0, 0.1) is 6.92 Å². The van der Waals surface area contributed by atoms with E-state index < -0.39 is 0 Å². The highest BCUT2D eigenvalue weighted by Crippen LogP contribution is 2.26. The van der Waals surface area contributed by atoms with Crippen molar-refractivity contribution >= 4 is 17.5 Å². The first kappa shape index (κ1) is 16.3. The van der Waals surface area contributed by atoms with E-state index in [1.54, 1.807) is 0 Å². The van der Waals surface area contributed by atoms with Gasteiger partial charge in [0.2, 0.25) is 5.95 Å². The number of aryl methyl sites for hydroxylation is 1. The molecule has 0 aliphatic heterocycles. The number of hydrogen-bond acceptors (Lipinski definition) is 4. The summed E-state index contributed by atoms with van der Waals surface area (Å²) < 4.78 is 0. The van der Waals surface area contributed by atoms with Crippen LogP contribution in [0.2, 0.25) is 0 Å². The number of nitrogens with zero attached hydrogens (tertiary/aromatic N) is 2. The maximum atomic E-state index is 4.58. The van der Waals surface area contributed by atoms with Crippen molar-refractivity contribution in [3.05, 3.63) is 41.6 Å². The third kappa shape index (κ3) is 4.20. The summed E-state index contributed by atoms with van der Waals surface area (Å²) in [6.45, 7) is 10.7. The molecule has 22 heavy (non-hydrogen) atoms. The number of nitrogens with one attached hydrogen (secondary N) is 2. The largest absolute Gasteiger partial charge is 0.367 e. The molecule has 0 spiro atoms. The third-order valence-corrected chi connectivity index (χ3v) is 3.69. The molecule has 0 bridgehead atoms. The van der Waals surface area contributed by atoms with Gasteiger partial charge in [0.25, 0.3) is 0 Å². The molecule has 0 aliphatic rings. The van der Waals surface area contributed by atoms with Crippen LogP contribution in [-0.2, 0) is 0 Å². The summed E-state index contributed by atoms with van der Waals surface area (Å²) in [6, 6.07) is 10.7. The number of anilines is 3. The van der Waals surface area contributed by atoms with Crippen LogP contribution in [0.15, 0.2) is 30.3 Å². The average molecular weight is 298 g/mol. The first-order valence-corrected chi connectivity index (χ1v) is 7.97. The first-order valence-electron chi connectivity index (χ1n) is 7.97. The van der Waals surface area contributed by atoms with E-state index in [0.29, 0.717) is 17.9 Å². The highest BCUT2D eigenvalue weighted by molar-refractivity contribution is 5.60. The molecule has 0 saturated heterocycles. The zero-order valence-corrected chi connectivity index (χ0v) is 14.1. The minimum atomic E-state index is 0.394. The van der Waals surface area contributed by atoms with Crippen LogP contribution in [0.25, 0.3) is 0 Å². The lowest BCUT2D eigenvalue weighted by atomic mass is 10.0. The van der Waals surface area contributed by atoms with Crippen LogP contribution in [0.4, 0.5) is 17.5 Å². The Morgan fingerprint density at radius 2 is 1.82 bits per heavy atom. The van der Waals surface area contributed by atoms with Crippen LogP contribution in [0.3, 0.4) is 0 Å². The van der Waals surface area contributed by atoms with E-state index in [9.17, 15) is 0 Å². The summed E-state index contributed by atoms with van der Waals surface area (Å²) in [7, 11) is 0. The van der Waals surface area contributed by atoms with Crippen LogP contribution < -0.4 is 10.6 Å². The highest BCUT2D eigenvalue weighted by Gasteiger charge is 2.09. The van der Waals surface area contributed by atoms with Crippen LogP contribution >= 0.6 is 0 Å². The topological polar surface area (TPSA) is 49.8 Å². The molecule has 0 aliphatic carbocycles. The smallest absolute Gasteiger partial charge is 0.229 e. The number of rotatable bonds is 6. The Morgan fingerprint density at radius 1 is 1.09 bits per heavy atom. The Morgan fingerprint density at radius 3 is 2.50 bits per heavy atom. The first-order chi connectivity index (χ1) is 10.5. The molecule has 2 rings (SSSR count). The van der Waals surface area contributed by atoms with Gasteiger partial charge in [-0.05, 0) is 37.8 Å². The molecule has 0 amide bonds. The standard InChI is InChI=1S/C18H26N4/c1-6-13(4)19-17-11-14(5)20-18(22-17)21-16-10-8-7-9-15(16)12(2)3/h7-13H,6H2,1-5H3,(H2,19,20,21,22). The van der Waals surface area contributed by atoms with Crippen molar-refractivity contribution in [3.8, 4) is 0 Å². The molecular formula is C18H26N4. The van der Waals surface area contributed by atoms with Crippen molar-refractivity contribution in [1.29, 1.82) is 0 Å². The van der Waals surface area contributed by atoms with Crippen molar-refractivity contribution in [3.63, 3.8) is 0 Å². The van der Waals surface area contributed by atoms with Crippen LogP contribution in [-0.4, -0.2) is 16.0 Å². The van der Waals surface area contributed by atoms with Crippen molar-refractivity contribution in [2.75, 3.05) is 10.6 Å². The molecule has 1 unspecified atom stereocenters. The van der Waals surface area contributed by atoms with Gasteiger partial charge in [-0.3, -0.25) is 0 Å². The fourth-order valence-corrected chi connectivity index (χ4v) is 2.29. The molecule has 0 saturated carbocycles. The number of benzene rings is 1. The zero-order chi connectivity index (χ0) is 16.1. The normalized spacial score (nSPS) is 12.3. The summed E-state index contributed by atoms with van der Waals surface area (Å²) in [4.78, 5) is 9.08. The van der Waals surface area contributed by atoms with Crippen molar-refractivity contribution < 1.29 is 0 Å². The van der Waals surface area contributed by atoms with E-state index in [-0.39, 0.29) is 0 Å². The van der Waals surface area contributed by atoms with Crippen LogP contribution in [0.1, 0.15) is 51.3 Å². The van der Waals surface area contributed by atoms with Gasteiger partial charge < -0.3 is 10.6 Å². The van der Waals surface area contributed by atoms with E-state index in [4.69, 9.17) is 0 Å². The van der Waals surface area contributed by atoms with Crippen molar-refractivity contribution in [2.45, 2.75) is 53.0 Å². The second kappa shape index (κ2) is 7.25. The predicted octanol–water partition coefficient (Wildman–Crippen LogP) is 4.86. The SMILES string of the molecule is CCC(C)Nc1cc(C)nc(Nc2ccccc2C(C)C)n1. The van der Waals surface area contributed by atoms with Gasteiger partial charge in [-0.25, -0.2) is 4.98 Å². The van der Waals surface area contributed by atoms with Gasteiger partial charge in [0, 0.05) is 23.5 Å². The number of hydrogen-bond donors (Lipinski definition) is 2. The van der Waals surface area contributed by atoms with Gasteiger partial charge in [0.05, 0.1) is 0 Å². The molecule has 1 aromatic heterocycles. The Hall–Kier alpha value is -2.10. The van der Waals surface area contributed by atoms with Gasteiger partial charge in [0.15, 0.2) is 0 Å². The summed E-state index contributed by atoms with van der Waals surface area (Å²) in [5.41, 5.74) is 3.28. The van der Waals surface area contributed by atoms with Crippen molar-refractivity contribution in [2.24, 2.45) is 0 Å². The van der Waals surface area contributed by atoms with Crippen LogP contribution in [0.5, 0.6) is 0 Å². The van der Waals surface area contributed by atoms with E-state index in [2.05, 4.69) is 66.5 Å². The predicted molar refractivity (Wildman–Crippen MR) is 94.0 cm³/mol. The Labute approximate surface area is 133 Å². The van der Waals surface area contributed by atoms with Crippen molar-refractivity contribution in [1.82, 2.24) is 9.97 Å². The second-order valence-electron chi connectivity index (χ2n) is 6.04. The van der Waals surface area contributed by atoms with Gasteiger partial charge >= 0.3 is 0 Å². The Kier molecular flexibility index (Phi) is 5.36. The maximum absolute atomic E-state index is 4.58. The van der Waals surface area contributed by atoms with Gasteiger partial charge in [-0.15, -0.1) is 0 Å². The van der Waals surface area contributed by atoms with Gasteiger partial charge in [0.1, 0.15) is 5.82 Å². The summed E-state index contributed by atoms with van der Waals surface area (Å²) in [5.74, 6) is 1.96. The molecule has 118 valence electrons. The Bertz CT molecular complexity index is 622. The average Bonchev–Trinajstić information content (AvgIpc) is 2.46. The zero-order valence-electron chi connectivity index (χ0n) is 14.1. The lowest BCUT2D eigenvalue weighted by Crippen LogP contribution is -2.15. The molecule has 0 fully saturated rings. The molecule has 4 heteroatoms. The lowest BCUT2D eigenvalue weighted by Gasteiger charge is -2.16. The minimum Gasteiger partial charge on any atom is -0.367 e. The molecule has 1 heterocycles. The second-order valence-corrected chi connectivity index (χ2v) is 6.04. The van der Waals surface area contributed by atoms with Gasteiger partial charge in [-0.1, -0.05) is 39.0 Å². The molecule has 1 aromatic carbocycles. The van der Waals surface area contributed by atoms with E-state index in [1.165, 1.54) is 5.56 Å². The molecule has 2 aromatic rings. The summed E-state index contributed by atoms with van der Waals surface area (Å²) in [5, 5.41) is 6.77. The molecular weight excluding hydrogens is 272 g/mol. The van der Waals surface area contributed by atoms with E-state index >= 15 is 0 Å². The van der Waals surface area contributed by atoms with E-state index in [0.717, 1.165) is 23.6 Å². The molecule has 2 N–H and O–H groups in total. The Balaban J connectivity index is 2.26. The third-order valence-electron chi connectivity index (χ3n) is 3.69. The van der Waals surface area contributed by atoms with E-state index in [1.807, 2.05) is 19.1 Å². The number of para-hydroxylation sites is 1. The fourth-order valence-electron chi connectivity index (χ4n) is 2.29. The quantitative estimate of drug-likeness (QED) is 0.799. The monoisotopic (exact) mass is 298 g/mol. The maximum Gasteiger partial charge on any atom is 0.229 e. The summed E-state index contributed by atoms with van der Waals surface area (Å²) in [6.07, 6.45) is 1.06. The lowest BCUT2D eigenvalue weighted by molar-refractivity contribution is 0.758. The number of aromatic nitrogens is 2. The highest BCUT2D eigenvalue weighted by atomic mass is 15.1. The molecule has 4 nitrogen and oxygen atoms in total. The fraction of sp³-hybridized carbons (Fsp3) is 0.444.